The zero-order valence-electron chi connectivity index (χ0n) is 12.5. The van der Waals surface area contributed by atoms with E-state index < -0.39 is 0 Å². The molecule has 114 valence electrons. The third-order valence-electron chi connectivity index (χ3n) is 2.82. The summed E-state index contributed by atoms with van der Waals surface area (Å²) < 4.78 is 5.36. The van der Waals surface area contributed by atoms with Gasteiger partial charge in [0.05, 0.1) is 19.4 Å². The molecule has 0 heterocycles. The number of amides is 1. The van der Waals surface area contributed by atoms with Gasteiger partial charge in [0, 0.05) is 5.69 Å². The lowest BCUT2D eigenvalue weighted by atomic mass is 10.2. The lowest BCUT2D eigenvalue weighted by molar-refractivity contribution is -0.119. The molecule has 0 aromatic heterocycles. The van der Waals surface area contributed by atoms with Crippen molar-refractivity contribution in [3.8, 4) is 5.75 Å². The van der Waals surface area contributed by atoms with Gasteiger partial charge in [-0.25, -0.2) is 5.43 Å². The molecule has 0 radical (unpaired) electrons. The minimum absolute atomic E-state index is 0.153. The number of carbonyl (C=O) groups excluding carboxylic acids is 1. The van der Waals surface area contributed by atoms with E-state index in [1.807, 2.05) is 61.5 Å². The predicted molar refractivity (Wildman–Crippen MR) is 88.3 cm³/mol. The van der Waals surface area contributed by atoms with Crippen LogP contribution in [-0.4, -0.2) is 25.3 Å². The van der Waals surface area contributed by atoms with Crippen LogP contribution in [0.25, 0.3) is 0 Å². The molecule has 5 nitrogen and oxygen atoms in total. The Bertz CT molecular complexity index is 610. The first-order valence-electron chi connectivity index (χ1n) is 7.11. The number of carbonyl (C=O) groups is 1. The van der Waals surface area contributed by atoms with E-state index in [9.17, 15) is 4.79 Å². The van der Waals surface area contributed by atoms with Crippen LogP contribution in [0.3, 0.4) is 0 Å². The number of hydrazone groups is 1. The molecule has 0 unspecified atom stereocenters. The van der Waals surface area contributed by atoms with Crippen LogP contribution in [0.1, 0.15) is 12.5 Å². The topological polar surface area (TPSA) is 62.7 Å². The van der Waals surface area contributed by atoms with E-state index in [0.29, 0.717) is 6.61 Å². The highest BCUT2D eigenvalue weighted by Crippen LogP contribution is 2.15. The van der Waals surface area contributed by atoms with Gasteiger partial charge >= 0.3 is 0 Å². The second-order valence-electron chi connectivity index (χ2n) is 4.51. The molecule has 0 atom stereocenters. The van der Waals surface area contributed by atoms with Gasteiger partial charge in [-0.1, -0.05) is 30.3 Å². The van der Waals surface area contributed by atoms with Gasteiger partial charge in [-0.3, -0.25) is 4.79 Å². The van der Waals surface area contributed by atoms with E-state index in [0.717, 1.165) is 17.0 Å². The summed E-state index contributed by atoms with van der Waals surface area (Å²) in [6, 6.07) is 17.0. The maximum atomic E-state index is 11.7. The summed E-state index contributed by atoms with van der Waals surface area (Å²) in [5.41, 5.74) is 4.26. The zero-order chi connectivity index (χ0) is 15.6. The molecular formula is C17H19N3O2. The lowest BCUT2D eigenvalue weighted by Crippen LogP contribution is -2.25. The number of rotatable bonds is 7. The highest BCUT2D eigenvalue weighted by molar-refractivity contribution is 5.84. The number of nitrogens with one attached hydrogen (secondary N) is 2. The number of benzene rings is 2. The molecule has 2 rings (SSSR count). The van der Waals surface area contributed by atoms with Crippen molar-refractivity contribution in [1.29, 1.82) is 0 Å². The first-order chi connectivity index (χ1) is 10.8. The smallest absolute Gasteiger partial charge is 0.259 e. The first-order valence-corrected chi connectivity index (χ1v) is 7.11. The molecule has 0 fully saturated rings. The summed E-state index contributed by atoms with van der Waals surface area (Å²) >= 11 is 0. The van der Waals surface area contributed by atoms with Crippen LogP contribution >= 0.6 is 0 Å². The van der Waals surface area contributed by atoms with Crippen molar-refractivity contribution in [1.82, 2.24) is 5.43 Å². The van der Waals surface area contributed by atoms with Crippen LogP contribution in [0.2, 0.25) is 0 Å². The van der Waals surface area contributed by atoms with E-state index in [-0.39, 0.29) is 12.5 Å². The highest BCUT2D eigenvalue weighted by Gasteiger charge is 2.00. The highest BCUT2D eigenvalue weighted by atomic mass is 16.5. The molecule has 2 aromatic carbocycles. The van der Waals surface area contributed by atoms with Crippen molar-refractivity contribution in [3.05, 3.63) is 60.2 Å². The molecule has 5 heteroatoms. The van der Waals surface area contributed by atoms with E-state index in [1.165, 1.54) is 0 Å². The molecule has 0 aliphatic carbocycles. The minimum atomic E-state index is -0.207. The molecule has 1 amide bonds. The molecule has 0 saturated heterocycles. The number of hydrogen-bond donors (Lipinski definition) is 2. The van der Waals surface area contributed by atoms with E-state index >= 15 is 0 Å². The fourth-order valence-electron chi connectivity index (χ4n) is 1.78. The molecule has 0 spiro atoms. The summed E-state index contributed by atoms with van der Waals surface area (Å²) in [6.45, 7) is 2.72. The number of ether oxygens (including phenoxy) is 1. The summed E-state index contributed by atoms with van der Waals surface area (Å²) in [4.78, 5) is 11.7. The summed E-state index contributed by atoms with van der Waals surface area (Å²) in [5.74, 6) is 0.603. The van der Waals surface area contributed by atoms with Gasteiger partial charge in [0.25, 0.3) is 5.91 Å². The number of nitrogens with zero attached hydrogens (tertiary/aromatic N) is 1. The molecule has 0 bridgehead atoms. The predicted octanol–water partition coefficient (Wildman–Crippen LogP) is 2.65. The van der Waals surface area contributed by atoms with Gasteiger partial charge < -0.3 is 10.1 Å². The molecule has 22 heavy (non-hydrogen) atoms. The molecule has 2 aromatic rings. The molecule has 0 aliphatic heterocycles. The SMILES string of the molecule is CCOc1ccc(NCC(=O)N/N=C/c2ccccc2)cc1. The van der Waals surface area contributed by atoms with Crippen LogP contribution in [0.5, 0.6) is 5.75 Å². The zero-order valence-corrected chi connectivity index (χ0v) is 12.5. The van der Waals surface area contributed by atoms with Crippen LogP contribution in [0, 0.1) is 0 Å². The quantitative estimate of drug-likeness (QED) is 0.610. The van der Waals surface area contributed by atoms with Crippen LogP contribution in [0.15, 0.2) is 59.7 Å². The van der Waals surface area contributed by atoms with Crippen molar-refractivity contribution in [3.63, 3.8) is 0 Å². The van der Waals surface area contributed by atoms with Crippen LogP contribution in [0.4, 0.5) is 5.69 Å². The van der Waals surface area contributed by atoms with Gasteiger partial charge in [-0.05, 0) is 36.8 Å². The van der Waals surface area contributed by atoms with Gasteiger partial charge in [-0.2, -0.15) is 5.10 Å². The Balaban J connectivity index is 1.74. The van der Waals surface area contributed by atoms with Crippen molar-refractivity contribution in [2.24, 2.45) is 5.10 Å². The second kappa shape index (κ2) is 8.46. The third-order valence-corrected chi connectivity index (χ3v) is 2.82. The van der Waals surface area contributed by atoms with Gasteiger partial charge in [0.2, 0.25) is 0 Å². The van der Waals surface area contributed by atoms with Crippen molar-refractivity contribution in [2.75, 3.05) is 18.5 Å². The average molecular weight is 297 g/mol. The number of anilines is 1. The fraction of sp³-hybridized carbons (Fsp3) is 0.176. The maximum absolute atomic E-state index is 11.7. The Labute approximate surface area is 130 Å². The van der Waals surface area contributed by atoms with Gasteiger partial charge in [0.1, 0.15) is 5.75 Å². The molecule has 0 aliphatic rings. The normalized spacial score (nSPS) is 10.4. The van der Waals surface area contributed by atoms with Crippen LogP contribution in [-0.2, 0) is 4.79 Å². The van der Waals surface area contributed by atoms with Crippen molar-refractivity contribution in [2.45, 2.75) is 6.92 Å². The summed E-state index contributed by atoms with van der Waals surface area (Å²) in [5, 5.41) is 6.93. The monoisotopic (exact) mass is 297 g/mol. The van der Waals surface area contributed by atoms with E-state index in [2.05, 4.69) is 15.8 Å². The largest absolute Gasteiger partial charge is 0.494 e. The Morgan fingerprint density at radius 1 is 1.14 bits per heavy atom. The Morgan fingerprint density at radius 3 is 2.55 bits per heavy atom. The standard InChI is InChI=1S/C17H19N3O2/c1-2-22-16-10-8-15(9-11-16)18-13-17(21)20-19-12-14-6-4-3-5-7-14/h3-12,18H,2,13H2,1H3,(H,20,21)/b19-12+. The average Bonchev–Trinajstić information content (AvgIpc) is 2.55. The summed E-state index contributed by atoms with van der Waals surface area (Å²) in [6.07, 6.45) is 1.61. The molecular weight excluding hydrogens is 278 g/mol. The summed E-state index contributed by atoms with van der Waals surface area (Å²) in [7, 11) is 0. The number of hydrogen-bond acceptors (Lipinski definition) is 4. The second-order valence-corrected chi connectivity index (χ2v) is 4.51. The fourth-order valence-corrected chi connectivity index (χ4v) is 1.78. The van der Waals surface area contributed by atoms with Crippen molar-refractivity contribution < 1.29 is 9.53 Å². The van der Waals surface area contributed by atoms with Gasteiger partial charge in [0.15, 0.2) is 0 Å². The van der Waals surface area contributed by atoms with Gasteiger partial charge in [-0.15, -0.1) is 0 Å². The Kier molecular flexibility index (Phi) is 5.99. The Hall–Kier alpha value is -2.82. The molecule has 2 N–H and O–H groups in total. The van der Waals surface area contributed by atoms with E-state index in [1.54, 1.807) is 6.21 Å². The Morgan fingerprint density at radius 2 is 1.86 bits per heavy atom. The van der Waals surface area contributed by atoms with Crippen LogP contribution < -0.4 is 15.5 Å². The first kappa shape index (κ1) is 15.6. The third kappa shape index (κ3) is 5.28. The molecule has 0 saturated carbocycles. The maximum Gasteiger partial charge on any atom is 0.259 e. The minimum Gasteiger partial charge on any atom is -0.494 e. The van der Waals surface area contributed by atoms with Crippen molar-refractivity contribution >= 4 is 17.8 Å². The van der Waals surface area contributed by atoms with E-state index in [4.69, 9.17) is 4.74 Å². The lowest BCUT2D eigenvalue weighted by Gasteiger charge is -2.07.